The Bertz CT molecular complexity index is 974. The lowest BCUT2D eigenvalue weighted by Crippen LogP contribution is -2.46. The fourth-order valence-corrected chi connectivity index (χ4v) is 4.35. The van der Waals surface area contributed by atoms with E-state index in [0.29, 0.717) is 6.10 Å². The summed E-state index contributed by atoms with van der Waals surface area (Å²) in [6, 6.07) is 6.43. The topological polar surface area (TPSA) is 67.5 Å². The highest BCUT2D eigenvalue weighted by molar-refractivity contribution is 5.86. The molecule has 0 unspecified atom stereocenters. The molecule has 2 fully saturated rings. The van der Waals surface area contributed by atoms with Gasteiger partial charge in [0, 0.05) is 45.3 Å². The van der Waals surface area contributed by atoms with Crippen LogP contribution in [0.15, 0.2) is 35.2 Å². The molecule has 0 spiro atoms. The second kappa shape index (κ2) is 7.99. The molecule has 0 radical (unpaired) electrons. The minimum atomic E-state index is 0.292. The van der Waals surface area contributed by atoms with Crippen LogP contribution in [0.2, 0.25) is 0 Å². The zero-order valence-corrected chi connectivity index (χ0v) is 16.9. The highest BCUT2D eigenvalue weighted by Gasteiger charge is 2.21. The van der Waals surface area contributed by atoms with Crippen LogP contribution in [-0.2, 0) is 6.54 Å². The summed E-state index contributed by atoms with van der Waals surface area (Å²) in [4.78, 5) is 18.1. The maximum absolute atomic E-state index is 6.22. The van der Waals surface area contributed by atoms with Crippen LogP contribution < -0.4 is 9.64 Å². The highest BCUT2D eigenvalue weighted by Crippen LogP contribution is 2.30. The molecule has 2 aliphatic rings. The summed E-state index contributed by atoms with van der Waals surface area (Å²) in [5, 5.41) is 1.01. The Kier molecular flexibility index (Phi) is 5.06. The number of hydrogen-bond donors (Lipinski definition) is 0. The van der Waals surface area contributed by atoms with Crippen LogP contribution in [0.1, 0.15) is 37.3 Å². The van der Waals surface area contributed by atoms with Gasteiger partial charge in [-0.2, -0.15) is 0 Å². The zero-order valence-electron chi connectivity index (χ0n) is 16.9. The molecule has 0 N–H and O–H groups in total. The Morgan fingerprint density at radius 1 is 1.10 bits per heavy atom. The van der Waals surface area contributed by atoms with E-state index in [1.807, 2.05) is 6.92 Å². The van der Waals surface area contributed by atoms with Crippen LogP contribution in [0.3, 0.4) is 0 Å². The first-order chi connectivity index (χ1) is 14.2. The number of benzene rings is 1. The van der Waals surface area contributed by atoms with Crippen molar-refractivity contribution < 1.29 is 9.15 Å². The van der Waals surface area contributed by atoms with Crippen LogP contribution >= 0.6 is 0 Å². The Morgan fingerprint density at radius 2 is 1.93 bits per heavy atom. The lowest BCUT2D eigenvalue weighted by molar-refractivity contribution is 0.204. The molecular formula is C22H27N5O2. The van der Waals surface area contributed by atoms with Gasteiger partial charge in [0.2, 0.25) is 5.88 Å². The summed E-state index contributed by atoms with van der Waals surface area (Å²) in [7, 11) is 0. The molecule has 1 aliphatic heterocycles. The highest BCUT2D eigenvalue weighted by atomic mass is 16.5. The van der Waals surface area contributed by atoms with Crippen molar-refractivity contribution in [2.45, 2.75) is 45.3 Å². The van der Waals surface area contributed by atoms with Crippen molar-refractivity contribution in [1.82, 2.24) is 19.9 Å². The lowest BCUT2D eigenvalue weighted by Gasteiger charge is -2.35. The van der Waals surface area contributed by atoms with Crippen molar-refractivity contribution in [2.75, 3.05) is 31.1 Å². The predicted molar refractivity (Wildman–Crippen MR) is 111 cm³/mol. The van der Waals surface area contributed by atoms with Gasteiger partial charge in [0.1, 0.15) is 18.7 Å². The molecule has 3 heterocycles. The van der Waals surface area contributed by atoms with Crippen molar-refractivity contribution in [3.05, 3.63) is 42.4 Å². The van der Waals surface area contributed by atoms with Gasteiger partial charge in [0.25, 0.3) is 0 Å². The molecule has 1 aliphatic carbocycles. The Hall–Kier alpha value is -2.67. The van der Waals surface area contributed by atoms with Gasteiger partial charge in [-0.25, -0.2) is 15.0 Å². The molecule has 0 amide bonds. The van der Waals surface area contributed by atoms with E-state index in [2.05, 4.69) is 43.0 Å². The van der Waals surface area contributed by atoms with E-state index in [9.17, 15) is 0 Å². The number of hydrogen-bond acceptors (Lipinski definition) is 7. The first kappa shape index (κ1) is 18.4. The van der Waals surface area contributed by atoms with Crippen molar-refractivity contribution >= 4 is 16.6 Å². The average Bonchev–Trinajstić information content (AvgIpc) is 3.40. The second-order valence-corrected chi connectivity index (χ2v) is 8.03. The van der Waals surface area contributed by atoms with Crippen LogP contribution in [0.25, 0.3) is 10.9 Å². The van der Waals surface area contributed by atoms with Crippen LogP contribution in [0, 0.1) is 6.92 Å². The summed E-state index contributed by atoms with van der Waals surface area (Å²) >= 11 is 0. The summed E-state index contributed by atoms with van der Waals surface area (Å²) in [6.07, 6.45) is 8.40. The molecule has 152 valence electrons. The SMILES string of the molecule is Cc1nc(CN2CCN(c3ccc4ncnc(OC5CCCC5)c4c3)CC2)co1. The Morgan fingerprint density at radius 3 is 2.69 bits per heavy atom. The summed E-state index contributed by atoms with van der Waals surface area (Å²) in [6.45, 7) is 6.69. The van der Waals surface area contributed by atoms with E-state index in [4.69, 9.17) is 9.15 Å². The van der Waals surface area contributed by atoms with Gasteiger partial charge in [-0.3, -0.25) is 4.90 Å². The molecule has 5 rings (SSSR count). The normalized spacial score (nSPS) is 18.6. The molecule has 1 saturated carbocycles. The molecule has 1 aromatic carbocycles. The number of ether oxygens (including phenoxy) is 1. The van der Waals surface area contributed by atoms with Gasteiger partial charge in [0.15, 0.2) is 5.89 Å². The summed E-state index contributed by atoms with van der Waals surface area (Å²) in [5.74, 6) is 1.46. The molecule has 1 saturated heterocycles. The van der Waals surface area contributed by atoms with Gasteiger partial charge in [-0.05, 0) is 43.9 Å². The van der Waals surface area contributed by atoms with Crippen molar-refractivity contribution in [1.29, 1.82) is 0 Å². The third-order valence-electron chi connectivity index (χ3n) is 5.95. The standard InChI is InChI=1S/C22H27N5O2/c1-16-25-17(14-28-16)13-26-8-10-27(11-9-26)18-6-7-21-20(12-18)22(24-15-23-21)29-19-4-2-3-5-19/h6-7,12,14-15,19H,2-5,8-11,13H2,1H3. The zero-order chi connectivity index (χ0) is 19.6. The Labute approximate surface area is 170 Å². The van der Waals surface area contributed by atoms with E-state index in [1.54, 1.807) is 12.6 Å². The number of aryl methyl sites for hydroxylation is 1. The maximum Gasteiger partial charge on any atom is 0.224 e. The largest absolute Gasteiger partial charge is 0.474 e. The molecule has 0 atom stereocenters. The fourth-order valence-electron chi connectivity index (χ4n) is 4.35. The molecular weight excluding hydrogens is 366 g/mol. The molecule has 2 aromatic heterocycles. The third-order valence-corrected chi connectivity index (χ3v) is 5.95. The number of fused-ring (bicyclic) bond motifs is 1. The quantitative estimate of drug-likeness (QED) is 0.656. The first-order valence-electron chi connectivity index (χ1n) is 10.5. The number of anilines is 1. The van der Waals surface area contributed by atoms with E-state index in [0.717, 1.165) is 73.9 Å². The monoisotopic (exact) mass is 393 g/mol. The molecule has 29 heavy (non-hydrogen) atoms. The first-order valence-corrected chi connectivity index (χ1v) is 10.5. The van der Waals surface area contributed by atoms with E-state index in [-0.39, 0.29) is 0 Å². The number of rotatable bonds is 5. The third kappa shape index (κ3) is 4.05. The second-order valence-electron chi connectivity index (χ2n) is 8.03. The minimum absolute atomic E-state index is 0.292. The van der Waals surface area contributed by atoms with Crippen LogP contribution in [0.4, 0.5) is 5.69 Å². The van der Waals surface area contributed by atoms with Crippen LogP contribution in [0.5, 0.6) is 5.88 Å². The molecule has 3 aromatic rings. The number of nitrogens with zero attached hydrogens (tertiary/aromatic N) is 5. The molecule has 7 nitrogen and oxygen atoms in total. The number of oxazole rings is 1. The van der Waals surface area contributed by atoms with Gasteiger partial charge in [-0.15, -0.1) is 0 Å². The van der Waals surface area contributed by atoms with Crippen molar-refractivity contribution in [3.63, 3.8) is 0 Å². The van der Waals surface area contributed by atoms with Gasteiger partial charge >= 0.3 is 0 Å². The molecule has 0 bridgehead atoms. The van der Waals surface area contributed by atoms with E-state index >= 15 is 0 Å². The van der Waals surface area contributed by atoms with Gasteiger partial charge < -0.3 is 14.1 Å². The Balaban J connectivity index is 1.29. The van der Waals surface area contributed by atoms with Gasteiger partial charge in [0.05, 0.1) is 16.6 Å². The fraction of sp³-hybridized carbons (Fsp3) is 0.500. The predicted octanol–water partition coefficient (Wildman–Crippen LogP) is 3.57. The lowest BCUT2D eigenvalue weighted by atomic mass is 10.1. The van der Waals surface area contributed by atoms with E-state index in [1.165, 1.54) is 18.5 Å². The summed E-state index contributed by atoms with van der Waals surface area (Å²) in [5.41, 5.74) is 3.16. The summed E-state index contributed by atoms with van der Waals surface area (Å²) < 4.78 is 11.5. The number of aromatic nitrogens is 3. The van der Waals surface area contributed by atoms with Crippen molar-refractivity contribution in [2.24, 2.45) is 0 Å². The average molecular weight is 393 g/mol. The minimum Gasteiger partial charge on any atom is -0.474 e. The van der Waals surface area contributed by atoms with Gasteiger partial charge in [-0.1, -0.05) is 0 Å². The van der Waals surface area contributed by atoms with Crippen LogP contribution in [-0.4, -0.2) is 52.1 Å². The van der Waals surface area contributed by atoms with E-state index < -0.39 is 0 Å². The molecule has 7 heteroatoms. The van der Waals surface area contributed by atoms with Crippen molar-refractivity contribution in [3.8, 4) is 5.88 Å². The smallest absolute Gasteiger partial charge is 0.224 e. The number of piperazine rings is 1. The maximum atomic E-state index is 6.22.